The Balaban J connectivity index is 2.13. The summed E-state index contributed by atoms with van der Waals surface area (Å²) in [6.07, 6.45) is 0.289. The first-order valence-electron chi connectivity index (χ1n) is 7.00. The van der Waals surface area contributed by atoms with Crippen LogP contribution in [0.25, 0.3) is 0 Å². The van der Waals surface area contributed by atoms with Gasteiger partial charge in [0.1, 0.15) is 0 Å². The molecule has 0 radical (unpaired) electrons. The van der Waals surface area contributed by atoms with Crippen molar-refractivity contribution in [3.63, 3.8) is 0 Å². The maximum absolute atomic E-state index is 12.3. The predicted molar refractivity (Wildman–Crippen MR) is 77.9 cm³/mol. The first kappa shape index (κ1) is 14.6. The Hall–Kier alpha value is -1.84. The Labute approximate surface area is 119 Å². The first-order chi connectivity index (χ1) is 9.38. The number of carbonyl (C=O) groups is 2. The fourth-order valence-electron chi connectivity index (χ4n) is 2.50. The summed E-state index contributed by atoms with van der Waals surface area (Å²) in [4.78, 5) is 23.5. The Morgan fingerprint density at radius 2 is 1.95 bits per heavy atom. The molecule has 1 aromatic rings. The summed E-state index contributed by atoms with van der Waals surface area (Å²) in [5.74, 6) is -0.347. The van der Waals surface area contributed by atoms with E-state index in [0.29, 0.717) is 6.54 Å². The van der Waals surface area contributed by atoms with Crippen LogP contribution in [0.2, 0.25) is 0 Å². The van der Waals surface area contributed by atoms with Gasteiger partial charge in [0, 0.05) is 13.0 Å². The van der Waals surface area contributed by atoms with Crippen molar-refractivity contribution in [3.8, 4) is 0 Å². The van der Waals surface area contributed by atoms with E-state index >= 15 is 0 Å². The van der Waals surface area contributed by atoms with E-state index in [9.17, 15) is 9.59 Å². The van der Waals surface area contributed by atoms with E-state index in [4.69, 9.17) is 0 Å². The van der Waals surface area contributed by atoms with Gasteiger partial charge in [0.15, 0.2) is 0 Å². The molecule has 2 atom stereocenters. The standard InChI is InChI=1S/C16H22N2O2/c1-16(2,3)14(11-7-5-4-6-8-11)18-15(20)12-9-13(19)17-10-12/h4-8,12,14H,9-10H2,1-3H3,(H,17,19)(H,18,20). The van der Waals surface area contributed by atoms with E-state index in [2.05, 4.69) is 31.4 Å². The van der Waals surface area contributed by atoms with Gasteiger partial charge in [-0.05, 0) is 11.0 Å². The lowest BCUT2D eigenvalue weighted by atomic mass is 9.82. The zero-order chi connectivity index (χ0) is 14.8. The van der Waals surface area contributed by atoms with Gasteiger partial charge in [-0.15, -0.1) is 0 Å². The van der Waals surface area contributed by atoms with Gasteiger partial charge in [0.25, 0.3) is 0 Å². The molecule has 4 heteroatoms. The summed E-state index contributed by atoms with van der Waals surface area (Å²) in [6, 6.07) is 9.89. The fraction of sp³-hybridized carbons (Fsp3) is 0.500. The number of benzene rings is 1. The summed E-state index contributed by atoms with van der Waals surface area (Å²) < 4.78 is 0. The molecule has 0 aromatic heterocycles. The number of hydrogen-bond donors (Lipinski definition) is 2. The smallest absolute Gasteiger partial charge is 0.225 e. The Bertz CT molecular complexity index is 491. The molecule has 20 heavy (non-hydrogen) atoms. The Morgan fingerprint density at radius 3 is 2.45 bits per heavy atom. The molecule has 1 heterocycles. The summed E-state index contributed by atoms with van der Waals surface area (Å²) >= 11 is 0. The lowest BCUT2D eigenvalue weighted by Crippen LogP contribution is -2.40. The van der Waals surface area contributed by atoms with Gasteiger partial charge in [-0.25, -0.2) is 0 Å². The van der Waals surface area contributed by atoms with E-state index in [1.165, 1.54) is 0 Å². The summed E-state index contributed by atoms with van der Waals surface area (Å²) in [6.45, 7) is 6.74. The lowest BCUT2D eigenvalue weighted by Gasteiger charge is -2.32. The van der Waals surface area contributed by atoms with Gasteiger partial charge in [-0.3, -0.25) is 9.59 Å². The molecule has 2 amide bonds. The number of amides is 2. The second-order valence-corrected chi connectivity index (χ2v) is 6.42. The average molecular weight is 274 g/mol. The quantitative estimate of drug-likeness (QED) is 0.886. The van der Waals surface area contributed by atoms with Gasteiger partial charge >= 0.3 is 0 Å². The van der Waals surface area contributed by atoms with Crippen molar-refractivity contribution in [1.29, 1.82) is 0 Å². The van der Waals surface area contributed by atoms with Crippen LogP contribution in [0.3, 0.4) is 0 Å². The van der Waals surface area contributed by atoms with Crippen LogP contribution in [0, 0.1) is 11.3 Å². The summed E-state index contributed by atoms with van der Waals surface area (Å²) in [5, 5.41) is 5.81. The van der Waals surface area contributed by atoms with Crippen molar-refractivity contribution in [1.82, 2.24) is 10.6 Å². The van der Waals surface area contributed by atoms with E-state index in [1.54, 1.807) is 0 Å². The van der Waals surface area contributed by atoms with Crippen LogP contribution in [-0.2, 0) is 9.59 Å². The maximum Gasteiger partial charge on any atom is 0.225 e. The van der Waals surface area contributed by atoms with Crippen molar-refractivity contribution in [2.45, 2.75) is 33.2 Å². The second-order valence-electron chi connectivity index (χ2n) is 6.42. The van der Waals surface area contributed by atoms with Crippen LogP contribution in [0.1, 0.15) is 38.8 Å². The van der Waals surface area contributed by atoms with E-state index in [1.807, 2.05) is 30.3 Å². The van der Waals surface area contributed by atoms with Crippen molar-refractivity contribution >= 4 is 11.8 Å². The van der Waals surface area contributed by atoms with E-state index in [-0.39, 0.29) is 35.6 Å². The van der Waals surface area contributed by atoms with Crippen molar-refractivity contribution < 1.29 is 9.59 Å². The molecule has 1 aliphatic rings. The molecule has 2 rings (SSSR count). The van der Waals surface area contributed by atoms with Crippen molar-refractivity contribution in [2.75, 3.05) is 6.54 Å². The minimum Gasteiger partial charge on any atom is -0.355 e. The molecule has 1 aliphatic heterocycles. The molecule has 2 unspecified atom stereocenters. The first-order valence-corrected chi connectivity index (χ1v) is 7.00. The monoisotopic (exact) mass is 274 g/mol. The zero-order valence-corrected chi connectivity index (χ0v) is 12.3. The molecule has 1 aromatic carbocycles. The van der Waals surface area contributed by atoms with Gasteiger partial charge in [0.05, 0.1) is 12.0 Å². The van der Waals surface area contributed by atoms with Crippen LogP contribution in [0.4, 0.5) is 0 Å². The van der Waals surface area contributed by atoms with Gasteiger partial charge in [0.2, 0.25) is 11.8 Å². The predicted octanol–water partition coefficient (Wildman–Crippen LogP) is 2.03. The molecule has 0 saturated carbocycles. The highest BCUT2D eigenvalue weighted by Crippen LogP contribution is 2.33. The van der Waals surface area contributed by atoms with Crippen LogP contribution >= 0.6 is 0 Å². The third-order valence-electron chi connectivity index (χ3n) is 3.63. The molecule has 1 saturated heterocycles. The normalized spacial score (nSPS) is 20.4. The topological polar surface area (TPSA) is 58.2 Å². The van der Waals surface area contributed by atoms with Gasteiger partial charge in [-0.1, -0.05) is 51.1 Å². The van der Waals surface area contributed by atoms with Gasteiger partial charge < -0.3 is 10.6 Å². The number of rotatable bonds is 3. The minimum atomic E-state index is -0.254. The largest absolute Gasteiger partial charge is 0.355 e. The van der Waals surface area contributed by atoms with E-state index < -0.39 is 0 Å². The van der Waals surface area contributed by atoms with E-state index in [0.717, 1.165) is 5.56 Å². The summed E-state index contributed by atoms with van der Waals surface area (Å²) in [7, 11) is 0. The molecule has 1 fully saturated rings. The SMILES string of the molecule is CC(C)(C)C(NC(=O)C1CNC(=O)C1)c1ccccc1. The molecular weight excluding hydrogens is 252 g/mol. The minimum absolute atomic E-state index is 0.0443. The highest BCUT2D eigenvalue weighted by Gasteiger charge is 2.33. The molecule has 0 aliphatic carbocycles. The van der Waals surface area contributed by atoms with Crippen LogP contribution in [0.15, 0.2) is 30.3 Å². The molecule has 2 N–H and O–H groups in total. The summed E-state index contributed by atoms with van der Waals surface area (Å²) in [5.41, 5.74) is 0.998. The van der Waals surface area contributed by atoms with Crippen molar-refractivity contribution in [3.05, 3.63) is 35.9 Å². The molecule has 108 valence electrons. The second kappa shape index (κ2) is 5.65. The van der Waals surface area contributed by atoms with Gasteiger partial charge in [-0.2, -0.15) is 0 Å². The fourth-order valence-corrected chi connectivity index (χ4v) is 2.50. The molecule has 4 nitrogen and oxygen atoms in total. The van der Waals surface area contributed by atoms with Crippen LogP contribution in [-0.4, -0.2) is 18.4 Å². The Kier molecular flexibility index (Phi) is 4.12. The highest BCUT2D eigenvalue weighted by atomic mass is 16.2. The number of carbonyl (C=O) groups excluding carboxylic acids is 2. The van der Waals surface area contributed by atoms with Crippen molar-refractivity contribution in [2.24, 2.45) is 11.3 Å². The highest BCUT2D eigenvalue weighted by molar-refractivity contribution is 5.89. The third kappa shape index (κ3) is 3.38. The van der Waals surface area contributed by atoms with Crippen LogP contribution < -0.4 is 10.6 Å². The average Bonchev–Trinajstić information content (AvgIpc) is 2.82. The van der Waals surface area contributed by atoms with Crippen LogP contribution in [0.5, 0.6) is 0 Å². The number of nitrogens with one attached hydrogen (secondary N) is 2. The zero-order valence-electron chi connectivity index (χ0n) is 12.3. The molecular formula is C16H22N2O2. The lowest BCUT2D eigenvalue weighted by molar-refractivity contribution is -0.127. The number of hydrogen-bond acceptors (Lipinski definition) is 2. The third-order valence-corrected chi connectivity index (χ3v) is 3.63. The maximum atomic E-state index is 12.3. The molecule has 0 bridgehead atoms. The molecule has 0 spiro atoms. The Morgan fingerprint density at radius 1 is 1.30 bits per heavy atom.